The molecule has 0 fully saturated rings. The maximum absolute atomic E-state index is 5.61. The van der Waals surface area contributed by atoms with Crippen LogP contribution in [0, 0.1) is 0 Å². The molecule has 1 heterocycles. The second-order valence-corrected chi connectivity index (χ2v) is 5.01. The van der Waals surface area contributed by atoms with Gasteiger partial charge in [0, 0.05) is 19.1 Å². The first-order valence-electron chi connectivity index (χ1n) is 7.07. The van der Waals surface area contributed by atoms with Crippen molar-refractivity contribution in [2.24, 2.45) is 5.84 Å². The Bertz CT molecular complexity index is 409. The van der Waals surface area contributed by atoms with Gasteiger partial charge in [0.15, 0.2) is 0 Å². The standard InChI is InChI=1S/C15H24N2O2/c1-3-18-11(2)14(17-16)6-4-12-5-7-15-13(10-12)8-9-19-15/h5,7,10-11,14,17H,3-4,6,8-9,16H2,1-2H3. The van der Waals surface area contributed by atoms with Gasteiger partial charge in [0.05, 0.1) is 12.7 Å². The molecule has 0 amide bonds. The van der Waals surface area contributed by atoms with Crippen LogP contribution >= 0.6 is 0 Å². The molecule has 1 aromatic rings. The highest BCUT2D eigenvalue weighted by molar-refractivity contribution is 5.39. The summed E-state index contributed by atoms with van der Waals surface area (Å²) < 4.78 is 11.1. The summed E-state index contributed by atoms with van der Waals surface area (Å²) in [6, 6.07) is 6.66. The summed E-state index contributed by atoms with van der Waals surface area (Å²) in [6.45, 7) is 5.60. The van der Waals surface area contributed by atoms with Crippen LogP contribution in [-0.2, 0) is 17.6 Å². The maximum Gasteiger partial charge on any atom is 0.122 e. The molecule has 1 aromatic carbocycles. The van der Waals surface area contributed by atoms with E-state index in [-0.39, 0.29) is 12.1 Å². The molecule has 1 aliphatic heterocycles. The van der Waals surface area contributed by atoms with Gasteiger partial charge in [0.1, 0.15) is 5.75 Å². The number of nitrogens with two attached hydrogens (primary N) is 1. The molecule has 4 heteroatoms. The molecular formula is C15H24N2O2. The third kappa shape index (κ3) is 3.69. The van der Waals surface area contributed by atoms with Gasteiger partial charge in [-0.1, -0.05) is 12.1 Å². The molecule has 3 N–H and O–H groups in total. The third-order valence-electron chi connectivity index (χ3n) is 3.71. The lowest BCUT2D eigenvalue weighted by Crippen LogP contribution is -2.44. The fraction of sp³-hybridized carbons (Fsp3) is 0.600. The average molecular weight is 264 g/mol. The van der Waals surface area contributed by atoms with E-state index in [0.717, 1.165) is 38.2 Å². The molecule has 19 heavy (non-hydrogen) atoms. The van der Waals surface area contributed by atoms with E-state index in [4.69, 9.17) is 15.3 Å². The lowest BCUT2D eigenvalue weighted by molar-refractivity contribution is 0.0453. The molecule has 1 aliphatic rings. The number of benzene rings is 1. The summed E-state index contributed by atoms with van der Waals surface area (Å²) >= 11 is 0. The molecule has 0 aromatic heterocycles. The average Bonchev–Trinajstić information content (AvgIpc) is 2.87. The Morgan fingerprint density at radius 2 is 2.32 bits per heavy atom. The molecule has 0 saturated heterocycles. The lowest BCUT2D eigenvalue weighted by atomic mass is 10.00. The number of hydrogen-bond acceptors (Lipinski definition) is 4. The molecule has 2 atom stereocenters. The Morgan fingerprint density at radius 3 is 3.05 bits per heavy atom. The first-order chi connectivity index (χ1) is 9.24. The maximum atomic E-state index is 5.61. The second kappa shape index (κ2) is 6.89. The van der Waals surface area contributed by atoms with Gasteiger partial charge in [0.25, 0.3) is 0 Å². The molecule has 0 radical (unpaired) electrons. The van der Waals surface area contributed by atoms with E-state index in [0.29, 0.717) is 0 Å². The van der Waals surface area contributed by atoms with Gasteiger partial charge < -0.3 is 9.47 Å². The third-order valence-corrected chi connectivity index (χ3v) is 3.71. The SMILES string of the molecule is CCOC(C)C(CCc1ccc2c(c1)CCO2)NN. The van der Waals surface area contributed by atoms with Crippen molar-refractivity contribution in [3.8, 4) is 5.75 Å². The highest BCUT2D eigenvalue weighted by Crippen LogP contribution is 2.26. The summed E-state index contributed by atoms with van der Waals surface area (Å²) in [5.41, 5.74) is 5.53. The number of ether oxygens (including phenoxy) is 2. The highest BCUT2D eigenvalue weighted by Gasteiger charge is 2.17. The summed E-state index contributed by atoms with van der Waals surface area (Å²) in [5, 5.41) is 0. The van der Waals surface area contributed by atoms with Crippen molar-refractivity contribution in [2.75, 3.05) is 13.2 Å². The van der Waals surface area contributed by atoms with Crippen molar-refractivity contribution in [3.05, 3.63) is 29.3 Å². The van der Waals surface area contributed by atoms with Crippen LogP contribution in [0.2, 0.25) is 0 Å². The molecule has 2 rings (SSSR count). The van der Waals surface area contributed by atoms with Crippen molar-refractivity contribution in [3.63, 3.8) is 0 Å². The molecule has 0 spiro atoms. The van der Waals surface area contributed by atoms with E-state index < -0.39 is 0 Å². The van der Waals surface area contributed by atoms with E-state index in [1.54, 1.807) is 0 Å². The van der Waals surface area contributed by atoms with Crippen molar-refractivity contribution < 1.29 is 9.47 Å². The largest absolute Gasteiger partial charge is 0.493 e. The number of hydrazine groups is 1. The predicted molar refractivity (Wildman–Crippen MR) is 76.2 cm³/mol. The normalized spacial score (nSPS) is 16.8. The zero-order valence-electron chi connectivity index (χ0n) is 11.8. The smallest absolute Gasteiger partial charge is 0.122 e. The summed E-state index contributed by atoms with van der Waals surface area (Å²) in [7, 11) is 0. The minimum atomic E-state index is 0.132. The van der Waals surface area contributed by atoms with Gasteiger partial charge in [-0.05, 0) is 43.9 Å². The minimum absolute atomic E-state index is 0.132. The predicted octanol–water partition coefficient (Wildman–Crippen LogP) is 1.81. The number of nitrogens with one attached hydrogen (secondary N) is 1. The number of fused-ring (bicyclic) bond motifs is 1. The molecule has 0 saturated carbocycles. The molecule has 2 unspecified atom stereocenters. The van der Waals surface area contributed by atoms with Crippen LogP contribution < -0.4 is 16.0 Å². The van der Waals surface area contributed by atoms with Gasteiger partial charge >= 0.3 is 0 Å². The van der Waals surface area contributed by atoms with Crippen molar-refractivity contribution >= 4 is 0 Å². The van der Waals surface area contributed by atoms with E-state index in [1.165, 1.54) is 11.1 Å². The number of aryl methyl sites for hydroxylation is 1. The van der Waals surface area contributed by atoms with E-state index in [1.807, 2.05) is 6.92 Å². The van der Waals surface area contributed by atoms with Crippen molar-refractivity contribution in [1.82, 2.24) is 5.43 Å². The second-order valence-electron chi connectivity index (χ2n) is 5.01. The van der Waals surface area contributed by atoms with Gasteiger partial charge in [-0.3, -0.25) is 11.3 Å². The Balaban J connectivity index is 1.90. The number of rotatable bonds is 7. The molecule has 4 nitrogen and oxygen atoms in total. The van der Waals surface area contributed by atoms with Crippen molar-refractivity contribution in [2.45, 2.75) is 45.3 Å². The van der Waals surface area contributed by atoms with Crippen LogP contribution in [-0.4, -0.2) is 25.4 Å². The quantitative estimate of drug-likeness (QED) is 0.582. The minimum Gasteiger partial charge on any atom is -0.493 e. The Kier molecular flexibility index (Phi) is 5.19. The zero-order chi connectivity index (χ0) is 13.7. The molecule has 106 valence electrons. The lowest BCUT2D eigenvalue weighted by Gasteiger charge is -2.23. The first kappa shape index (κ1) is 14.3. The fourth-order valence-corrected chi connectivity index (χ4v) is 2.55. The van der Waals surface area contributed by atoms with Crippen LogP contribution in [0.15, 0.2) is 18.2 Å². The van der Waals surface area contributed by atoms with Gasteiger partial charge in [-0.15, -0.1) is 0 Å². The summed E-state index contributed by atoms with van der Waals surface area (Å²) in [5.74, 6) is 6.65. The zero-order valence-corrected chi connectivity index (χ0v) is 11.8. The van der Waals surface area contributed by atoms with Crippen LogP contribution in [0.1, 0.15) is 31.4 Å². The fourth-order valence-electron chi connectivity index (χ4n) is 2.55. The molecule has 0 aliphatic carbocycles. The van der Waals surface area contributed by atoms with E-state index >= 15 is 0 Å². The highest BCUT2D eigenvalue weighted by atomic mass is 16.5. The Labute approximate surface area is 115 Å². The van der Waals surface area contributed by atoms with E-state index in [9.17, 15) is 0 Å². The molecular weight excluding hydrogens is 240 g/mol. The topological polar surface area (TPSA) is 56.5 Å². The molecule has 0 bridgehead atoms. The summed E-state index contributed by atoms with van der Waals surface area (Å²) in [6.07, 6.45) is 3.13. The van der Waals surface area contributed by atoms with Crippen LogP contribution in [0.4, 0.5) is 0 Å². The Morgan fingerprint density at radius 1 is 1.47 bits per heavy atom. The van der Waals surface area contributed by atoms with Crippen molar-refractivity contribution in [1.29, 1.82) is 0 Å². The van der Waals surface area contributed by atoms with Crippen LogP contribution in [0.25, 0.3) is 0 Å². The monoisotopic (exact) mass is 264 g/mol. The van der Waals surface area contributed by atoms with Gasteiger partial charge in [0.2, 0.25) is 0 Å². The van der Waals surface area contributed by atoms with Gasteiger partial charge in [-0.25, -0.2) is 0 Å². The first-order valence-corrected chi connectivity index (χ1v) is 7.07. The summed E-state index contributed by atoms with van der Waals surface area (Å²) in [4.78, 5) is 0. The van der Waals surface area contributed by atoms with E-state index in [2.05, 4.69) is 30.5 Å². The Hall–Kier alpha value is -1.10. The van der Waals surface area contributed by atoms with Gasteiger partial charge in [-0.2, -0.15) is 0 Å². The van der Waals surface area contributed by atoms with Crippen LogP contribution in [0.5, 0.6) is 5.75 Å². The van der Waals surface area contributed by atoms with Crippen LogP contribution in [0.3, 0.4) is 0 Å². The number of hydrogen-bond donors (Lipinski definition) is 2.